The van der Waals surface area contributed by atoms with Crippen LogP contribution in [0.1, 0.15) is 40.1 Å². The lowest BCUT2D eigenvalue weighted by Gasteiger charge is -2.14. The highest BCUT2D eigenvalue weighted by molar-refractivity contribution is 8.00. The van der Waals surface area contributed by atoms with Gasteiger partial charge >= 0.3 is 0 Å². The van der Waals surface area contributed by atoms with E-state index in [1.807, 2.05) is 54.6 Å². The Bertz CT molecular complexity index is 1420. The summed E-state index contributed by atoms with van der Waals surface area (Å²) >= 11 is 1.19. The van der Waals surface area contributed by atoms with E-state index in [2.05, 4.69) is 15.2 Å². The van der Waals surface area contributed by atoms with Crippen molar-refractivity contribution in [2.24, 2.45) is 0 Å². The zero-order valence-corrected chi connectivity index (χ0v) is 19.0. The molecule has 0 saturated carbocycles. The monoisotopic (exact) mass is 473 g/mol. The number of halogens is 1. The number of benzene rings is 3. The van der Waals surface area contributed by atoms with Crippen LogP contribution < -0.4 is 4.74 Å². The van der Waals surface area contributed by atoms with Crippen molar-refractivity contribution in [2.45, 2.75) is 23.5 Å². The molecule has 0 fully saturated rings. The Morgan fingerprint density at radius 3 is 2.53 bits per heavy atom. The zero-order chi connectivity index (χ0) is 23.5. The lowest BCUT2D eigenvalue weighted by atomic mass is 10.0. The number of nitrogens with one attached hydrogen (secondary N) is 1. The molecule has 6 nitrogen and oxygen atoms in total. The predicted molar refractivity (Wildman–Crippen MR) is 127 cm³/mol. The van der Waals surface area contributed by atoms with Crippen LogP contribution in [0.25, 0.3) is 10.9 Å². The van der Waals surface area contributed by atoms with Crippen molar-refractivity contribution in [3.05, 3.63) is 108 Å². The number of H-pyrrole nitrogens is 1. The highest BCUT2D eigenvalue weighted by atomic mass is 32.2. The number of nitrogens with zero attached hydrogens (tertiary/aromatic N) is 2. The topological polar surface area (TPSA) is 81.0 Å². The van der Waals surface area contributed by atoms with Crippen molar-refractivity contribution >= 4 is 28.4 Å². The Morgan fingerprint density at radius 1 is 1.00 bits per heavy atom. The number of carbonyl (C=O) groups excluding carboxylic acids is 1. The molecule has 1 N–H and O–H groups in total. The van der Waals surface area contributed by atoms with Crippen LogP contribution in [-0.2, 0) is 0 Å². The van der Waals surface area contributed by atoms with Crippen LogP contribution in [0, 0.1) is 5.82 Å². The van der Waals surface area contributed by atoms with Crippen molar-refractivity contribution in [3.63, 3.8) is 0 Å². The Balaban J connectivity index is 1.40. The molecule has 0 spiro atoms. The normalized spacial score (nSPS) is 13.0. The van der Waals surface area contributed by atoms with E-state index in [9.17, 15) is 9.18 Å². The molecule has 0 radical (unpaired) electrons. The van der Waals surface area contributed by atoms with Gasteiger partial charge in [0.15, 0.2) is 11.9 Å². The van der Waals surface area contributed by atoms with Crippen molar-refractivity contribution in [2.75, 3.05) is 0 Å². The van der Waals surface area contributed by atoms with Crippen LogP contribution >= 0.6 is 11.8 Å². The molecular formula is C26H20FN3O3S. The Kier molecular flexibility index (Phi) is 6.14. The molecule has 2 heterocycles. The highest BCUT2D eigenvalue weighted by Crippen LogP contribution is 2.39. The predicted octanol–water partition coefficient (Wildman–Crippen LogP) is 6.55. The summed E-state index contributed by atoms with van der Waals surface area (Å²) in [5, 5.41) is 8.76. The molecule has 0 amide bonds. The van der Waals surface area contributed by atoms with E-state index in [0.717, 1.165) is 16.5 Å². The molecule has 0 bridgehead atoms. The maximum atomic E-state index is 13.6. The van der Waals surface area contributed by atoms with E-state index in [0.29, 0.717) is 11.3 Å². The fourth-order valence-electron chi connectivity index (χ4n) is 3.62. The number of hydrogen-bond donors (Lipinski definition) is 1. The third-order valence-electron chi connectivity index (χ3n) is 5.31. The van der Waals surface area contributed by atoms with Crippen LogP contribution in [0.4, 0.5) is 4.39 Å². The molecule has 170 valence electrons. The van der Waals surface area contributed by atoms with Gasteiger partial charge in [-0.25, -0.2) is 4.39 Å². The number of rotatable bonds is 8. The van der Waals surface area contributed by atoms with Crippen LogP contribution in [0.2, 0.25) is 0 Å². The lowest BCUT2D eigenvalue weighted by Crippen LogP contribution is -2.09. The molecule has 5 aromatic rings. The third-order valence-corrected chi connectivity index (χ3v) is 6.40. The summed E-state index contributed by atoms with van der Waals surface area (Å²) in [4.78, 5) is 16.8. The van der Waals surface area contributed by atoms with Crippen molar-refractivity contribution in [1.29, 1.82) is 0 Å². The number of carbonyl (C=O) groups is 1. The molecule has 5 rings (SSSR count). The van der Waals surface area contributed by atoms with Crippen molar-refractivity contribution in [1.82, 2.24) is 15.2 Å². The van der Waals surface area contributed by atoms with Gasteiger partial charge in [0.05, 0.1) is 0 Å². The van der Waals surface area contributed by atoms with Gasteiger partial charge in [0.25, 0.3) is 11.1 Å². The number of ether oxygens (including phenoxy) is 1. The summed E-state index contributed by atoms with van der Waals surface area (Å²) in [6.45, 7) is 1.76. The molecule has 0 aliphatic carbocycles. The Hall–Kier alpha value is -3.91. The molecule has 3 aromatic carbocycles. The van der Waals surface area contributed by atoms with Gasteiger partial charge in [0.2, 0.25) is 0 Å². The van der Waals surface area contributed by atoms with E-state index in [1.165, 1.54) is 36.0 Å². The van der Waals surface area contributed by atoms with Crippen LogP contribution in [0.5, 0.6) is 5.75 Å². The number of para-hydroxylation sites is 1. The lowest BCUT2D eigenvalue weighted by molar-refractivity contribution is 0.0990. The minimum atomic E-state index is -0.581. The number of fused-ring (bicyclic) bond motifs is 1. The quantitative estimate of drug-likeness (QED) is 0.203. The summed E-state index contributed by atoms with van der Waals surface area (Å²) < 4.78 is 24.7. The van der Waals surface area contributed by atoms with Gasteiger partial charge in [0, 0.05) is 22.7 Å². The second-order valence-electron chi connectivity index (χ2n) is 7.64. The van der Waals surface area contributed by atoms with Crippen molar-refractivity contribution in [3.8, 4) is 5.75 Å². The second-order valence-corrected chi connectivity index (χ2v) is 8.70. The van der Waals surface area contributed by atoms with Crippen LogP contribution in [0.3, 0.4) is 0 Å². The average Bonchev–Trinajstić information content (AvgIpc) is 3.51. The molecular weight excluding hydrogens is 453 g/mol. The summed E-state index contributed by atoms with van der Waals surface area (Å²) in [5.41, 5.74) is 2.33. The molecule has 8 heteroatoms. The van der Waals surface area contributed by atoms with Crippen molar-refractivity contribution < 1.29 is 18.3 Å². The summed E-state index contributed by atoms with van der Waals surface area (Å²) in [7, 11) is 0. The number of thioether (sulfide) groups is 1. The van der Waals surface area contributed by atoms with Gasteiger partial charge in [-0.1, -0.05) is 48.5 Å². The van der Waals surface area contributed by atoms with E-state index in [-0.39, 0.29) is 22.7 Å². The van der Waals surface area contributed by atoms with E-state index in [1.54, 1.807) is 13.1 Å². The molecule has 0 aliphatic rings. The number of hydrogen-bond acceptors (Lipinski definition) is 6. The maximum absolute atomic E-state index is 13.6. The summed E-state index contributed by atoms with van der Waals surface area (Å²) in [6.07, 6.45) is 1.19. The second kappa shape index (κ2) is 9.52. The fourth-order valence-corrected chi connectivity index (χ4v) is 4.57. The number of Topliss-reactive ketones (excluding diaryl/α,β-unsaturated/α-hetero) is 1. The average molecular weight is 474 g/mol. The Labute approximate surface area is 199 Å². The van der Waals surface area contributed by atoms with Gasteiger partial charge in [0.1, 0.15) is 16.8 Å². The summed E-state index contributed by atoms with van der Waals surface area (Å²) in [6, 6.07) is 22.9. The first kappa shape index (κ1) is 21.9. The van der Waals surface area contributed by atoms with E-state index < -0.39 is 11.4 Å². The number of aromatic amines is 1. The largest absolute Gasteiger partial charge is 0.481 e. The van der Waals surface area contributed by atoms with E-state index in [4.69, 9.17) is 9.15 Å². The first-order valence-corrected chi connectivity index (χ1v) is 11.5. The fraction of sp³-hybridized carbons (Fsp3) is 0.115. The molecule has 2 atom stereocenters. The molecule has 0 unspecified atom stereocenters. The summed E-state index contributed by atoms with van der Waals surface area (Å²) in [5.74, 6) is 0.337. The number of aromatic nitrogens is 3. The minimum Gasteiger partial charge on any atom is -0.481 e. The first-order valence-electron chi connectivity index (χ1n) is 10.7. The molecule has 2 aromatic heterocycles. The van der Waals surface area contributed by atoms with Gasteiger partial charge in [-0.3, -0.25) is 4.79 Å². The molecule has 0 saturated heterocycles. The van der Waals surface area contributed by atoms with Gasteiger partial charge < -0.3 is 14.1 Å². The van der Waals surface area contributed by atoms with Crippen LogP contribution in [0.15, 0.2) is 94.7 Å². The number of ketones is 1. The molecule has 0 aliphatic heterocycles. The van der Waals surface area contributed by atoms with Crippen LogP contribution in [-0.4, -0.2) is 21.0 Å². The third kappa shape index (κ3) is 4.58. The maximum Gasteiger partial charge on any atom is 0.277 e. The zero-order valence-electron chi connectivity index (χ0n) is 18.1. The first-order chi connectivity index (χ1) is 16.6. The minimum absolute atomic E-state index is 0.0657. The van der Waals surface area contributed by atoms with Gasteiger partial charge in [-0.2, -0.15) is 0 Å². The SMILES string of the molecule is C[C@H](Oc1ccc(F)cc1)c1nnc(S[C@H](C(=O)c2c[nH]c3ccccc23)c2ccccc2)o1. The smallest absolute Gasteiger partial charge is 0.277 e. The standard InChI is InChI=1S/C26H20FN3O3S/c1-16(32-19-13-11-18(27)12-14-19)25-29-30-26(33-25)34-24(17-7-3-2-4-8-17)23(31)21-15-28-22-10-6-5-9-20(21)22/h2-16,24,28H,1H3/t16-,24-/m0/s1. The highest BCUT2D eigenvalue weighted by Gasteiger charge is 2.28. The molecule has 34 heavy (non-hydrogen) atoms. The Morgan fingerprint density at radius 2 is 1.74 bits per heavy atom. The van der Waals surface area contributed by atoms with Gasteiger partial charge in [-0.05, 0) is 54.6 Å². The van der Waals surface area contributed by atoms with E-state index >= 15 is 0 Å². The van der Waals surface area contributed by atoms with Gasteiger partial charge in [-0.15, -0.1) is 10.2 Å².